The number of hydrogen-bond donors (Lipinski definition) is 2. The number of amides is 2. The SMILES string of the molecule is Cc1cc(NC(=O)CN2CCN(C(=O)c3cc(C4CC4)[nH]n3)CC2)no1. The lowest BCUT2D eigenvalue weighted by molar-refractivity contribution is -0.117. The number of carbonyl (C=O) groups is 2. The lowest BCUT2D eigenvalue weighted by Gasteiger charge is -2.33. The summed E-state index contributed by atoms with van der Waals surface area (Å²) in [4.78, 5) is 28.4. The number of aromatic nitrogens is 3. The van der Waals surface area contributed by atoms with Gasteiger partial charge < -0.3 is 14.7 Å². The number of aryl methyl sites for hydroxylation is 1. The van der Waals surface area contributed by atoms with Crippen LogP contribution in [0.25, 0.3) is 0 Å². The number of piperazine rings is 1. The maximum Gasteiger partial charge on any atom is 0.274 e. The van der Waals surface area contributed by atoms with Gasteiger partial charge in [-0.1, -0.05) is 5.16 Å². The van der Waals surface area contributed by atoms with Gasteiger partial charge in [-0.25, -0.2) is 0 Å². The fourth-order valence-corrected chi connectivity index (χ4v) is 3.13. The molecule has 26 heavy (non-hydrogen) atoms. The van der Waals surface area contributed by atoms with Crippen LogP contribution in [0.4, 0.5) is 5.82 Å². The molecule has 2 N–H and O–H groups in total. The van der Waals surface area contributed by atoms with Crippen LogP contribution in [0.2, 0.25) is 0 Å². The number of hydrogen-bond acceptors (Lipinski definition) is 6. The fraction of sp³-hybridized carbons (Fsp3) is 0.529. The Morgan fingerprint density at radius 2 is 2.04 bits per heavy atom. The van der Waals surface area contributed by atoms with Gasteiger partial charge in [0, 0.05) is 43.9 Å². The Bertz CT molecular complexity index is 801. The maximum atomic E-state index is 12.6. The highest BCUT2D eigenvalue weighted by molar-refractivity contribution is 5.93. The second-order valence-electron chi connectivity index (χ2n) is 6.92. The number of carbonyl (C=O) groups excluding carboxylic acids is 2. The Morgan fingerprint density at radius 1 is 1.27 bits per heavy atom. The Morgan fingerprint density at radius 3 is 2.69 bits per heavy atom. The smallest absolute Gasteiger partial charge is 0.274 e. The third-order valence-electron chi connectivity index (χ3n) is 4.76. The zero-order valence-electron chi connectivity index (χ0n) is 14.7. The molecule has 138 valence electrons. The highest BCUT2D eigenvalue weighted by Crippen LogP contribution is 2.39. The predicted octanol–water partition coefficient (Wildman–Crippen LogP) is 0.980. The number of nitrogens with one attached hydrogen (secondary N) is 2. The standard InChI is InChI=1S/C17H22N6O3/c1-11-8-15(21-26-11)18-16(24)10-22-4-6-23(7-5-22)17(25)14-9-13(19-20-14)12-2-3-12/h8-9,12H,2-7,10H2,1H3,(H,19,20)(H,18,21,24). The van der Waals surface area contributed by atoms with Gasteiger partial charge in [0.1, 0.15) is 11.5 Å². The molecule has 9 nitrogen and oxygen atoms in total. The van der Waals surface area contributed by atoms with Crippen LogP contribution in [-0.4, -0.2) is 69.7 Å². The number of anilines is 1. The van der Waals surface area contributed by atoms with E-state index in [-0.39, 0.29) is 18.4 Å². The van der Waals surface area contributed by atoms with Crippen molar-refractivity contribution in [1.82, 2.24) is 25.2 Å². The predicted molar refractivity (Wildman–Crippen MR) is 92.8 cm³/mol. The van der Waals surface area contributed by atoms with Crippen LogP contribution in [0.3, 0.4) is 0 Å². The van der Waals surface area contributed by atoms with E-state index in [1.54, 1.807) is 17.9 Å². The summed E-state index contributed by atoms with van der Waals surface area (Å²) in [6.07, 6.45) is 2.34. The first kappa shape index (κ1) is 16.8. The van der Waals surface area contributed by atoms with E-state index in [9.17, 15) is 9.59 Å². The molecule has 2 fully saturated rings. The number of aromatic amines is 1. The summed E-state index contributed by atoms with van der Waals surface area (Å²) in [6.45, 7) is 4.50. The van der Waals surface area contributed by atoms with E-state index < -0.39 is 0 Å². The molecule has 0 atom stereocenters. The van der Waals surface area contributed by atoms with E-state index >= 15 is 0 Å². The molecule has 9 heteroatoms. The van der Waals surface area contributed by atoms with E-state index in [1.807, 2.05) is 11.0 Å². The third kappa shape index (κ3) is 3.77. The second kappa shape index (κ2) is 6.91. The van der Waals surface area contributed by atoms with Gasteiger partial charge in [-0.3, -0.25) is 19.6 Å². The minimum atomic E-state index is -0.139. The molecule has 0 bridgehead atoms. The molecule has 0 aromatic carbocycles. The highest BCUT2D eigenvalue weighted by Gasteiger charge is 2.29. The average Bonchev–Trinajstić information content (AvgIpc) is 3.22. The van der Waals surface area contributed by atoms with Gasteiger partial charge in [0.2, 0.25) is 5.91 Å². The molecular weight excluding hydrogens is 336 g/mol. The van der Waals surface area contributed by atoms with Crippen molar-refractivity contribution < 1.29 is 14.1 Å². The third-order valence-corrected chi connectivity index (χ3v) is 4.76. The quantitative estimate of drug-likeness (QED) is 0.825. The molecule has 1 aliphatic heterocycles. The summed E-state index contributed by atoms with van der Waals surface area (Å²) in [5.41, 5.74) is 1.55. The van der Waals surface area contributed by atoms with Gasteiger partial charge >= 0.3 is 0 Å². The van der Waals surface area contributed by atoms with Crippen molar-refractivity contribution in [2.75, 3.05) is 38.0 Å². The maximum absolute atomic E-state index is 12.6. The largest absolute Gasteiger partial charge is 0.360 e. The number of nitrogens with zero attached hydrogens (tertiary/aromatic N) is 4. The Hall–Kier alpha value is -2.68. The van der Waals surface area contributed by atoms with Crippen molar-refractivity contribution in [1.29, 1.82) is 0 Å². The lowest BCUT2D eigenvalue weighted by atomic mass is 10.2. The molecule has 0 unspecified atom stereocenters. The van der Waals surface area contributed by atoms with Gasteiger partial charge in [-0.2, -0.15) is 5.10 Å². The summed E-state index contributed by atoms with van der Waals surface area (Å²) in [6, 6.07) is 3.55. The summed E-state index contributed by atoms with van der Waals surface area (Å²) in [7, 11) is 0. The molecule has 1 saturated heterocycles. The summed E-state index contributed by atoms with van der Waals surface area (Å²) >= 11 is 0. The fourth-order valence-electron chi connectivity index (χ4n) is 3.13. The Labute approximate surface area is 150 Å². The van der Waals surface area contributed by atoms with E-state index in [0.29, 0.717) is 49.4 Å². The summed E-state index contributed by atoms with van der Waals surface area (Å²) in [5, 5.41) is 13.6. The minimum Gasteiger partial charge on any atom is -0.360 e. The van der Waals surface area contributed by atoms with E-state index in [0.717, 1.165) is 5.69 Å². The van der Waals surface area contributed by atoms with Crippen LogP contribution in [-0.2, 0) is 4.79 Å². The first-order chi connectivity index (χ1) is 12.6. The summed E-state index contributed by atoms with van der Waals surface area (Å²) in [5.74, 6) is 1.43. The molecule has 1 saturated carbocycles. The van der Waals surface area contributed by atoms with Crippen molar-refractivity contribution in [3.05, 3.63) is 29.3 Å². The normalized spacial score (nSPS) is 18.1. The first-order valence-corrected chi connectivity index (χ1v) is 8.88. The monoisotopic (exact) mass is 358 g/mol. The van der Waals surface area contributed by atoms with Crippen molar-refractivity contribution in [3.8, 4) is 0 Å². The van der Waals surface area contributed by atoms with Crippen molar-refractivity contribution in [2.24, 2.45) is 0 Å². The van der Waals surface area contributed by atoms with Gasteiger partial charge in [-0.15, -0.1) is 0 Å². The van der Waals surface area contributed by atoms with E-state index in [4.69, 9.17) is 4.52 Å². The van der Waals surface area contributed by atoms with Crippen LogP contribution in [0.15, 0.2) is 16.7 Å². The molecule has 2 aromatic rings. The van der Waals surface area contributed by atoms with Gasteiger partial charge in [0.15, 0.2) is 5.82 Å². The molecule has 1 aliphatic carbocycles. The van der Waals surface area contributed by atoms with Crippen molar-refractivity contribution in [2.45, 2.75) is 25.7 Å². The Kier molecular flexibility index (Phi) is 4.46. The molecule has 4 rings (SSSR count). The number of H-pyrrole nitrogens is 1. The van der Waals surface area contributed by atoms with Crippen LogP contribution in [0.1, 0.15) is 40.7 Å². The van der Waals surface area contributed by atoms with Gasteiger partial charge in [-0.05, 0) is 25.8 Å². The van der Waals surface area contributed by atoms with Gasteiger partial charge in [0.25, 0.3) is 5.91 Å². The highest BCUT2D eigenvalue weighted by atomic mass is 16.5. The topological polar surface area (TPSA) is 107 Å². The number of rotatable bonds is 5. The molecule has 3 heterocycles. The lowest BCUT2D eigenvalue weighted by Crippen LogP contribution is -2.50. The molecule has 2 amide bonds. The molecular formula is C17H22N6O3. The minimum absolute atomic E-state index is 0.0460. The van der Waals surface area contributed by atoms with Crippen molar-refractivity contribution in [3.63, 3.8) is 0 Å². The molecule has 0 radical (unpaired) electrons. The van der Waals surface area contributed by atoms with Crippen LogP contribution in [0.5, 0.6) is 0 Å². The zero-order chi connectivity index (χ0) is 18.1. The molecule has 0 spiro atoms. The Balaban J connectivity index is 1.25. The second-order valence-corrected chi connectivity index (χ2v) is 6.92. The van der Waals surface area contributed by atoms with E-state index in [1.165, 1.54) is 12.8 Å². The van der Waals surface area contributed by atoms with Crippen molar-refractivity contribution >= 4 is 17.6 Å². The summed E-state index contributed by atoms with van der Waals surface area (Å²) < 4.78 is 4.93. The first-order valence-electron chi connectivity index (χ1n) is 8.88. The molecule has 2 aromatic heterocycles. The van der Waals surface area contributed by atoms with Gasteiger partial charge in [0.05, 0.1) is 6.54 Å². The molecule has 2 aliphatic rings. The van der Waals surface area contributed by atoms with Crippen LogP contribution < -0.4 is 5.32 Å². The average molecular weight is 358 g/mol. The zero-order valence-corrected chi connectivity index (χ0v) is 14.7. The van der Waals surface area contributed by atoms with E-state index in [2.05, 4.69) is 20.7 Å². The van der Waals surface area contributed by atoms with Crippen LogP contribution >= 0.6 is 0 Å². The van der Waals surface area contributed by atoms with Crippen LogP contribution in [0, 0.1) is 6.92 Å².